The van der Waals surface area contributed by atoms with Gasteiger partial charge in [0.1, 0.15) is 5.82 Å². The highest BCUT2D eigenvalue weighted by Gasteiger charge is 2.34. The molecule has 0 amide bonds. The number of piperidine rings is 1. The molecule has 1 aliphatic rings. The van der Waals surface area contributed by atoms with E-state index in [9.17, 15) is 21.6 Å². The molecule has 0 unspecified atom stereocenters. The molecular formula is C12H16F3N3O2S. The van der Waals surface area contributed by atoms with Crippen LogP contribution >= 0.6 is 0 Å². The lowest BCUT2D eigenvalue weighted by atomic mass is 9.98. The number of anilines is 1. The van der Waals surface area contributed by atoms with E-state index in [2.05, 4.69) is 10.3 Å². The van der Waals surface area contributed by atoms with Crippen molar-refractivity contribution in [3.63, 3.8) is 0 Å². The molecule has 1 fully saturated rings. The number of alkyl halides is 2. The predicted octanol–water partition coefficient (Wildman–Crippen LogP) is 1.90. The zero-order chi connectivity index (χ0) is 15.5. The fraction of sp³-hybridized carbons (Fsp3) is 0.583. The van der Waals surface area contributed by atoms with Gasteiger partial charge in [-0.3, -0.25) is 0 Å². The van der Waals surface area contributed by atoms with Crippen LogP contribution in [0.1, 0.15) is 12.8 Å². The molecule has 21 heavy (non-hydrogen) atoms. The van der Waals surface area contributed by atoms with Crippen LogP contribution in [0.4, 0.5) is 19.0 Å². The maximum absolute atomic E-state index is 12.9. The highest BCUT2D eigenvalue weighted by Crippen LogP contribution is 2.22. The summed E-state index contributed by atoms with van der Waals surface area (Å²) >= 11 is 0. The molecule has 0 radical (unpaired) electrons. The van der Waals surface area contributed by atoms with Gasteiger partial charge >= 0.3 is 5.76 Å². The van der Waals surface area contributed by atoms with E-state index in [1.54, 1.807) is 6.07 Å². The number of nitrogens with one attached hydrogen (secondary N) is 1. The Hall–Kier alpha value is -1.35. The second-order valence-electron chi connectivity index (χ2n) is 4.87. The Morgan fingerprint density at radius 1 is 1.33 bits per heavy atom. The molecule has 5 nitrogen and oxygen atoms in total. The summed E-state index contributed by atoms with van der Waals surface area (Å²) in [5.41, 5.74) is 0. The van der Waals surface area contributed by atoms with Crippen molar-refractivity contribution < 1.29 is 21.6 Å². The van der Waals surface area contributed by atoms with Crippen molar-refractivity contribution >= 4 is 15.8 Å². The van der Waals surface area contributed by atoms with E-state index in [1.807, 2.05) is 0 Å². The van der Waals surface area contributed by atoms with Crippen LogP contribution in [0.3, 0.4) is 0 Å². The van der Waals surface area contributed by atoms with E-state index in [0.29, 0.717) is 25.2 Å². The van der Waals surface area contributed by atoms with Crippen LogP contribution in [0.15, 0.2) is 18.2 Å². The summed E-state index contributed by atoms with van der Waals surface area (Å²) in [7, 11) is -4.48. The van der Waals surface area contributed by atoms with Gasteiger partial charge in [0.05, 0.1) is 0 Å². The first-order chi connectivity index (χ1) is 9.89. The van der Waals surface area contributed by atoms with Crippen LogP contribution in [0.5, 0.6) is 0 Å². The molecule has 1 saturated heterocycles. The van der Waals surface area contributed by atoms with Crippen LogP contribution in [-0.4, -0.2) is 43.1 Å². The summed E-state index contributed by atoms with van der Waals surface area (Å²) in [4.78, 5) is 3.65. The topological polar surface area (TPSA) is 62.3 Å². The number of rotatable bonds is 5. The van der Waals surface area contributed by atoms with E-state index in [0.717, 1.165) is 4.31 Å². The molecule has 1 aromatic rings. The average molecular weight is 323 g/mol. The first-order valence-corrected chi connectivity index (χ1v) is 8.03. The van der Waals surface area contributed by atoms with Gasteiger partial charge in [-0.05, 0) is 30.9 Å². The molecule has 0 saturated carbocycles. The normalized spacial score (nSPS) is 18.1. The molecule has 118 valence electrons. The Bertz CT molecular complexity index is 575. The summed E-state index contributed by atoms with van der Waals surface area (Å²) in [5, 5.41) is 2.96. The fourth-order valence-corrected chi connectivity index (χ4v) is 3.18. The summed E-state index contributed by atoms with van der Waals surface area (Å²) in [5.74, 6) is -3.42. The van der Waals surface area contributed by atoms with Crippen LogP contribution in [0, 0.1) is 11.9 Å². The van der Waals surface area contributed by atoms with Crippen LogP contribution in [-0.2, 0) is 10.0 Å². The molecule has 9 heteroatoms. The number of halogens is 3. The summed E-state index contributed by atoms with van der Waals surface area (Å²) in [6.07, 6.45) is 0.961. The summed E-state index contributed by atoms with van der Waals surface area (Å²) in [6.45, 7) is 0.657. The smallest absolute Gasteiger partial charge is 0.350 e. The maximum atomic E-state index is 12.9. The van der Waals surface area contributed by atoms with Crippen molar-refractivity contribution in [3.05, 3.63) is 24.1 Å². The summed E-state index contributed by atoms with van der Waals surface area (Å²) < 4.78 is 61.2. The van der Waals surface area contributed by atoms with Gasteiger partial charge in [-0.2, -0.15) is 17.5 Å². The van der Waals surface area contributed by atoms with Crippen molar-refractivity contribution in [2.45, 2.75) is 18.6 Å². The molecule has 0 atom stereocenters. The number of hydrogen-bond donors (Lipinski definition) is 1. The lowest BCUT2D eigenvalue weighted by Gasteiger charge is -2.30. The molecule has 0 aliphatic carbocycles. The van der Waals surface area contributed by atoms with E-state index in [4.69, 9.17) is 0 Å². The van der Waals surface area contributed by atoms with E-state index < -0.39 is 21.7 Å². The van der Waals surface area contributed by atoms with Crippen LogP contribution in [0.25, 0.3) is 0 Å². The van der Waals surface area contributed by atoms with Gasteiger partial charge in [0, 0.05) is 19.6 Å². The van der Waals surface area contributed by atoms with Crippen molar-refractivity contribution in [3.8, 4) is 0 Å². The molecule has 2 rings (SSSR count). The summed E-state index contributed by atoms with van der Waals surface area (Å²) in [6, 6.07) is 4.39. The van der Waals surface area contributed by atoms with Crippen LogP contribution in [0.2, 0.25) is 0 Å². The van der Waals surface area contributed by atoms with Crippen molar-refractivity contribution in [2.24, 2.45) is 5.92 Å². The van der Waals surface area contributed by atoms with Gasteiger partial charge < -0.3 is 5.32 Å². The van der Waals surface area contributed by atoms with Gasteiger partial charge in [0.15, 0.2) is 0 Å². The molecule has 0 aromatic carbocycles. The first-order valence-electron chi connectivity index (χ1n) is 6.53. The number of nitrogens with zero attached hydrogens (tertiary/aromatic N) is 2. The molecule has 0 spiro atoms. The minimum atomic E-state index is -4.48. The number of hydrogen-bond acceptors (Lipinski definition) is 4. The lowest BCUT2D eigenvalue weighted by Crippen LogP contribution is -2.42. The molecule has 1 N–H and O–H groups in total. The molecule has 2 heterocycles. The second kappa shape index (κ2) is 6.61. The second-order valence-corrected chi connectivity index (χ2v) is 6.78. The minimum absolute atomic E-state index is 0.0790. The first kappa shape index (κ1) is 16.0. The third-order valence-corrected chi connectivity index (χ3v) is 4.98. The lowest BCUT2D eigenvalue weighted by molar-refractivity contribution is 0.205. The molecular weight excluding hydrogens is 307 g/mol. The van der Waals surface area contributed by atoms with Crippen molar-refractivity contribution in [1.29, 1.82) is 0 Å². The quantitative estimate of drug-likeness (QED) is 0.841. The Balaban J connectivity index is 1.82. The van der Waals surface area contributed by atoms with Gasteiger partial charge in [-0.1, -0.05) is 6.07 Å². The molecule has 1 aromatic heterocycles. The number of sulfonamides is 1. The Morgan fingerprint density at radius 2 is 2.00 bits per heavy atom. The minimum Gasteiger partial charge on any atom is -0.370 e. The predicted molar refractivity (Wildman–Crippen MR) is 71.9 cm³/mol. The Kier molecular flexibility index (Phi) is 5.04. The fourth-order valence-electron chi connectivity index (χ4n) is 2.24. The maximum Gasteiger partial charge on any atom is 0.350 e. The van der Waals surface area contributed by atoms with Crippen LogP contribution < -0.4 is 5.32 Å². The van der Waals surface area contributed by atoms with Gasteiger partial charge in [0.25, 0.3) is 10.0 Å². The van der Waals surface area contributed by atoms with Crippen molar-refractivity contribution in [2.75, 3.05) is 25.0 Å². The zero-order valence-corrected chi connectivity index (χ0v) is 12.0. The standard InChI is InChI=1S/C12H16F3N3O2S/c13-10-2-1-3-11(17-10)16-8-9-4-6-18(7-5-9)21(19,20)12(14)15/h1-3,9,12H,4-8H2,(H,16,17). The third-order valence-electron chi connectivity index (χ3n) is 3.45. The number of pyridine rings is 1. The van der Waals surface area contributed by atoms with E-state index >= 15 is 0 Å². The molecule has 0 bridgehead atoms. The van der Waals surface area contributed by atoms with Gasteiger partial charge in [-0.25, -0.2) is 13.4 Å². The highest BCUT2D eigenvalue weighted by atomic mass is 32.2. The van der Waals surface area contributed by atoms with Gasteiger partial charge in [-0.15, -0.1) is 0 Å². The molecule has 1 aliphatic heterocycles. The Labute approximate surface area is 121 Å². The zero-order valence-electron chi connectivity index (χ0n) is 11.2. The number of aromatic nitrogens is 1. The highest BCUT2D eigenvalue weighted by molar-refractivity contribution is 7.89. The monoisotopic (exact) mass is 323 g/mol. The van der Waals surface area contributed by atoms with E-state index in [1.165, 1.54) is 12.1 Å². The van der Waals surface area contributed by atoms with E-state index in [-0.39, 0.29) is 19.0 Å². The van der Waals surface area contributed by atoms with Gasteiger partial charge in [0.2, 0.25) is 5.95 Å². The Morgan fingerprint density at radius 3 is 2.57 bits per heavy atom. The third kappa shape index (κ3) is 4.07. The average Bonchev–Trinajstić information content (AvgIpc) is 2.45. The van der Waals surface area contributed by atoms with Crippen molar-refractivity contribution in [1.82, 2.24) is 9.29 Å². The SMILES string of the molecule is O=S(=O)(C(F)F)N1CCC(CNc2cccc(F)n2)CC1. The largest absolute Gasteiger partial charge is 0.370 e.